The molecule has 1 N–H and O–H groups in total. The van der Waals surface area contributed by atoms with Crippen molar-refractivity contribution < 1.29 is 19.0 Å². The van der Waals surface area contributed by atoms with Gasteiger partial charge in [-0.3, -0.25) is 9.89 Å². The lowest BCUT2D eigenvalue weighted by Gasteiger charge is -2.27. The number of amides is 1. The van der Waals surface area contributed by atoms with Crippen LogP contribution in [0.25, 0.3) is 11.3 Å². The molecule has 0 saturated heterocycles. The Bertz CT molecular complexity index is 1450. The molecule has 0 spiro atoms. The van der Waals surface area contributed by atoms with Crippen molar-refractivity contribution in [3.63, 3.8) is 0 Å². The molecule has 1 unspecified atom stereocenters. The maximum Gasteiger partial charge on any atom is 0.273 e. The summed E-state index contributed by atoms with van der Waals surface area (Å²) < 4.78 is 17.3. The van der Waals surface area contributed by atoms with Gasteiger partial charge >= 0.3 is 0 Å². The van der Waals surface area contributed by atoms with Crippen molar-refractivity contribution in [2.24, 2.45) is 0 Å². The Hall–Kier alpha value is -3.97. The minimum atomic E-state index is -0.353. The third-order valence-electron chi connectivity index (χ3n) is 7.12. The van der Waals surface area contributed by atoms with Crippen molar-refractivity contribution in [3.05, 3.63) is 94.1 Å². The minimum Gasteiger partial charge on any atom is -0.497 e. The Morgan fingerprint density at radius 3 is 2.45 bits per heavy atom. The van der Waals surface area contributed by atoms with Crippen molar-refractivity contribution in [1.29, 1.82) is 0 Å². The predicted octanol–water partition coefficient (Wildman–Crippen LogP) is 7.10. The van der Waals surface area contributed by atoms with E-state index in [0.717, 1.165) is 46.5 Å². The molecule has 2 heterocycles. The molecule has 0 fully saturated rings. The van der Waals surface area contributed by atoms with Gasteiger partial charge in [0.15, 0.2) is 11.5 Å². The average Bonchev–Trinajstić information content (AvgIpc) is 3.52. The summed E-state index contributed by atoms with van der Waals surface area (Å²) in [6, 6.07) is 21.1. The van der Waals surface area contributed by atoms with Crippen LogP contribution in [0, 0.1) is 0 Å². The van der Waals surface area contributed by atoms with Gasteiger partial charge in [-0.15, -0.1) is 0 Å². The summed E-state index contributed by atoms with van der Waals surface area (Å²) in [5.41, 5.74) is 5.04. The standard InChI is InChI=1S/C32H34ClN3O4/c1-4-6-19-40-26-16-11-23(20-27(26)39-5-2)31-28-29(22-9-12-24(33)13-10-22)34-35-30(28)32(37)36(31)18-17-21-7-14-25(38-3)15-8-21/h7-16,20,31H,4-6,17-19H2,1-3H3,(H,34,35). The lowest BCUT2D eigenvalue weighted by atomic mass is 9.95. The number of carbonyl (C=O) groups is 1. The summed E-state index contributed by atoms with van der Waals surface area (Å²) in [5, 5.41) is 8.25. The van der Waals surface area contributed by atoms with E-state index in [1.807, 2.05) is 78.6 Å². The molecular weight excluding hydrogens is 526 g/mol. The number of H-pyrrole nitrogens is 1. The van der Waals surface area contributed by atoms with Crippen LogP contribution in [-0.4, -0.2) is 47.9 Å². The Kier molecular flexibility index (Phi) is 8.60. The van der Waals surface area contributed by atoms with Crippen LogP contribution in [-0.2, 0) is 6.42 Å². The van der Waals surface area contributed by atoms with Gasteiger partial charge in [-0.25, -0.2) is 0 Å². The highest BCUT2D eigenvalue weighted by Crippen LogP contribution is 2.44. The van der Waals surface area contributed by atoms with E-state index in [4.69, 9.17) is 25.8 Å². The fourth-order valence-electron chi connectivity index (χ4n) is 5.05. The average molecular weight is 560 g/mol. The molecule has 5 rings (SSSR count). The van der Waals surface area contributed by atoms with Crippen molar-refractivity contribution >= 4 is 17.5 Å². The van der Waals surface area contributed by atoms with Crippen LogP contribution in [0.2, 0.25) is 5.02 Å². The van der Waals surface area contributed by atoms with Gasteiger partial charge in [-0.05, 0) is 67.3 Å². The first kappa shape index (κ1) is 27.6. The van der Waals surface area contributed by atoms with E-state index in [1.165, 1.54) is 0 Å². The molecule has 1 aromatic heterocycles. The highest BCUT2D eigenvalue weighted by molar-refractivity contribution is 6.30. The number of benzene rings is 3. The van der Waals surface area contributed by atoms with Crippen LogP contribution in [0.4, 0.5) is 0 Å². The van der Waals surface area contributed by atoms with Crippen molar-refractivity contribution in [3.8, 4) is 28.5 Å². The summed E-state index contributed by atoms with van der Waals surface area (Å²) in [5.74, 6) is 2.10. The smallest absolute Gasteiger partial charge is 0.273 e. The van der Waals surface area contributed by atoms with Crippen molar-refractivity contribution in [2.45, 2.75) is 39.2 Å². The number of fused-ring (bicyclic) bond motifs is 1. The number of nitrogens with one attached hydrogen (secondary N) is 1. The van der Waals surface area contributed by atoms with Crippen LogP contribution in [0.1, 0.15) is 59.9 Å². The quantitative estimate of drug-likeness (QED) is 0.187. The van der Waals surface area contributed by atoms with Crippen molar-refractivity contribution in [2.75, 3.05) is 26.9 Å². The number of halogens is 1. The normalized spacial score (nSPS) is 14.3. The molecule has 1 aliphatic heterocycles. The Balaban J connectivity index is 1.54. The first-order valence-corrected chi connectivity index (χ1v) is 14.1. The van der Waals surface area contributed by atoms with Gasteiger partial charge in [-0.1, -0.05) is 55.3 Å². The molecule has 0 aliphatic carbocycles. The van der Waals surface area contributed by atoms with Crippen LogP contribution >= 0.6 is 11.6 Å². The third kappa shape index (κ3) is 5.65. The molecule has 0 radical (unpaired) electrons. The van der Waals surface area contributed by atoms with Gasteiger partial charge < -0.3 is 19.1 Å². The maximum atomic E-state index is 13.8. The van der Waals surface area contributed by atoms with Gasteiger partial charge in [-0.2, -0.15) is 5.10 Å². The monoisotopic (exact) mass is 559 g/mol. The maximum absolute atomic E-state index is 13.8. The number of hydrogen-bond donors (Lipinski definition) is 1. The highest BCUT2D eigenvalue weighted by Gasteiger charge is 2.42. The summed E-state index contributed by atoms with van der Waals surface area (Å²) in [7, 11) is 1.65. The Labute approximate surface area is 240 Å². The van der Waals surface area contributed by atoms with E-state index in [2.05, 4.69) is 17.1 Å². The Morgan fingerprint density at radius 1 is 0.975 bits per heavy atom. The number of rotatable bonds is 12. The summed E-state index contributed by atoms with van der Waals surface area (Å²) >= 11 is 6.16. The molecule has 208 valence electrons. The number of aromatic amines is 1. The zero-order valence-corrected chi connectivity index (χ0v) is 23.8. The number of ether oxygens (including phenoxy) is 3. The predicted molar refractivity (Wildman–Crippen MR) is 157 cm³/mol. The summed E-state index contributed by atoms with van der Waals surface area (Å²) in [6.07, 6.45) is 2.70. The zero-order chi connectivity index (χ0) is 28.1. The minimum absolute atomic E-state index is 0.0811. The van der Waals surface area contributed by atoms with Gasteiger partial charge in [0, 0.05) is 22.7 Å². The van der Waals surface area contributed by atoms with E-state index in [9.17, 15) is 4.79 Å². The SMILES string of the molecule is CCCCOc1ccc(C2c3c(-c4ccc(Cl)cc4)n[nH]c3C(=O)N2CCc2ccc(OC)cc2)cc1OCC. The summed E-state index contributed by atoms with van der Waals surface area (Å²) in [6.45, 7) is 5.74. The first-order chi connectivity index (χ1) is 19.5. The first-order valence-electron chi connectivity index (χ1n) is 13.7. The van der Waals surface area contributed by atoms with E-state index in [1.54, 1.807) is 7.11 Å². The van der Waals surface area contributed by atoms with Crippen LogP contribution < -0.4 is 14.2 Å². The number of aromatic nitrogens is 2. The molecule has 40 heavy (non-hydrogen) atoms. The highest BCUT2D eigenvalue weighted by atomic mass is 35.5. The van der Waals surface area contributed by atoms with E-state index < -0.39 is 0 Å². The van der Waals surface area contributed by atoms with E-state index in [-0.39, 0.29) is 11.9 Å². The molecule has 4 aromatic rings. The van der Waals surface area contributed by atoms with Gasteiger partial charge in [0.25, 0.3) is 5.91 Å². The van der Waals surface area contributed by atoms with Gasteiger partial charge in [0.2, 0.25) is 0 Å². The second-order valence-corrected chi connectivity index (χ2v) is 10.1. The lowest BCUT2D eigenvalue weighted by Crippen LogP contribution is -2.31. The molecule has 3 aromatic carbocycles. The molecule has 0 saturated carbocycles. The topological polar surface area (TPSA) is 76.7 Å². The van der Waals surface area contributed by atoms with Crippen molar-refractivity contribution in [1.82, 2.24) is 15.1 Å². The lowest BCUT2D eigenvalue weighted by molar-refractivity contribution is 0.0745. The second-order valence-electron chi connectivity index (χ2n) is 9.71. The number of methoxy groups -OCH3 is 1. The molecular formula is C32H34ClN3O4. The zero-order valence-electron chi connectivity index (χ0n) is 23.1. The van der Waals surface area contributed by atoms with Crippen LogP contribution in [0.3, 0.4) is 0 Å². The third-order valence-corrected chi connectivity index (χ3v) is 7.37. The van der Waals surface area contributed by atoms with E-state index >= 15 is 0 Å². The van der Waals surface area contributed by atoms with Gasteiger partial charge in [0.1, 0.15) is 11.4 Å². The largest absolute Gasteiger partial charge is 0.497 e. The number of nitrogens with zero attached hydrogens (tertiary/aromatic N) is 2. The molecule has 1 aliphatic rings. The number of carbonyl (C=O) groups excluding carboxylic acids is 1. The number of hydrogen-bond acceptors (Lipinski definition) is 5. The molecule has 1 amide bonds. The molecule has 7 nitrogen and oxygen atoms in total. The molecule has 1 atom stereocenters. The van der Waals surface area contributed by atoms with Crippen LogP contribution in [0.5, 0.6) is 17.2 Å². The molecule has 0 bridgehead atoms. The number of unbranched alkanes of at least 4 members (excludes halogenated alkanes) is 1. The Morgan fingerprint density at radius 2 is 1.75 bits per heavy atom. The van der Waals surface area contributed by atoms with Gasteiger partial charge in [0.05, 0.1) is 32.1 Å². The fourth-order valence-corrected chi connectivity index (χ4v) is 5.18. The van der Waals surface area contributed by atoms with Crippen LogP contribution in [0.15, 0.2) is 66.7 Å². The van der Waals surface area contributed by atoms with E-state index in [0.29, 0.717) is 48.4 Å². The molecule has 8 heteroatoms. The second kappa shape index (κ2) is 12.5. The summed E-state index contributed by atoms with van der Waals surface area (Å²) in [4.78, 5) is 15.7. The fraction of sp³-hybridized carbons (Fsp3) is 0.312.